The first kappa shape index (κ1) is 20.3. The first-order valence-electron chi connectivity index (χ1n) is 9.76. The molecule has 0 bridgehead atoms. The lowest BCUT2D eigenvalue weighted by Crippen LogP contribution is -2.60. The van der Waals surface area contributed by atoms with E-state index in [9.17, 15) is 18.4 Å². The molecule has 3 aliphatic heterocycles. The van der Waals surface area contributed by atoms with Crippen molar-refractivity contribution in [3.05, 3.63) is 65.5 Å². The Hall–Kier alpha value is -3.37. The number of fused-ring (bicyclic) bond motifs is 3. The highest BCUT2D eigenvalue weighted by Gasteiger charge is 2.47. The van der Waals surface area contributed by atoms with E-state index >= 15 is 0 Å². The summed E-state index contributed by atoms with van der Waals surface area (Å²) in [6.45, 7) is 0. The summed E-state index contributed by atoms with van der Waals surface area (Å²) in [7, 11) is 0. The Morgan fingerprint density at radius 3 is 2.70 bits per heavy atom. The van der Waals surface area contributed by atoms with Crippen LogP contribution in [0.5, 0.6) is 11.5 Å². The average molecular weight is 488 g/mol. The van der Waals surface area contributed by atoms with E-state index < -0.39 is 29.5 Å². The quantitative estimate of drug-likeness (QED) is 0.560. The number of rotatable bonds is 2. The lowest BCUT2D eigenvalue weighted by molar-refractivity contribution is -0.286. The van der Waals surface area contributed by atoms with Crippen molar-refractivity contribution in [3.63, 3.8) is 0 Å². The van der Waals surface area contributed by atoms with Crippen LogP contribution in [-0.4, -0.2) is 34.5 Å². The molecule has 3 amide bonds. The standard InChI is InChI=1S/C22H12ClF2N3O4S/c23-13-6-17-16(31-22(24,25)32-17)5-12(13)18-7-14-19(33-18)20(29)28(21(30)27-14)15-9-26-8-10-3-1-2-4-11(10)15/h1-9,14,19H,(H,27,30). The molecule has 0 radical (unpaired) electrons. The zero-order valence-corrected chi connectivity index (χ0v) is 18.0. The van der Waals surface area contributed by atoms with Crippen LogP contribution in [0.4, 0.5) is 19.3 Å². The number of amides is 3. The molecule has 6 rings (SSSR count). The van der Waals surface area contributed by atoms with Gasteiger partial charge >= 0.3 is 12.3 Å². The predicted octanol–water partition coefficient (Wildman–Crippen LogP) is 4.79. The second-order valence-electron chi connectivity index (χ2n) is 7.54. The van der Waals surface area contributed by atoms with Crippen LogP contribution in [0, 0.1) is 0 Å². The zero-order chi connectivity index (χ0) is 22.9. The van der Waals surface area contributed by atoms with Crippen molar-refractivity contribution in [2.75, 3.05) is 4.90 Å². The number of ether oxygens (including phenoxy) is 2. The molecule has 0 aliphatic carbocycles. The number of imide groups is 1. The molecule has 1 aromatic heterocycles. The van der Waals surface area contributed by atoms with Crippen molar-refractivity contribution >= 4 is 56.7 Å². The molecule has 3 aliphatic rings. The minimum atomic E-state index is -3.77. The Labute approximate surface area is 194 Å². The van der Waals surface area contributed by atoms with E-state index in [4.69, 9.17) is 11.6 Å². The van der Waals surface area contributed by atoms with Gasteiger partial charge in [0.15, 0.2) is 11.5 Å². The largest absolute Gasteiger partial charge is 0.586 e. The highest BCUT2D eigenvalue weighted by molar-refractivity contribution is 8.09. The average Bonchev–Trinajstić information content (AvgIpc) is 3.32. The van der Waals surface area contributed by atoms with Gasteiger partial charge in [0.1, 0.15) is 5.25 Å². The second-order valence-corrected chi connectivity index (χ2v) is 9.13. The smallest absolute Gasteiger partial charge is 0.395 e. The van der Waals surface area contributed by atoms with Gasteiger partial charge in [0.05, 0.1) is 22.9 Å². The first-order chi connectivity index (χ1) is 15.8. The van der Waals surface area contributed by atoms with E-state index in [-0.39, 0.29) is 16.5 Å². The number of aromatic nitrogens is 1. The van der Waals surface area contributed by atoms with Crippen LogP contribution < -0.4 is 19.7 Å². The number of alkyl halides is 2. The third-order valence-electron chi connectivity index (χ3n) is 5.51. The van der Waals surface area contributed by atoms with E-state index in [0.29, 0.717) is 21.5 Å². The molecule has 1 N–H and O–H groups in total. The van der Waals surface area contributed by atoms with Crippen LogP contribution in [-0.2, 0) is 4.79 Å². The van der Waals surface area contributed by atoms with Gasteiger partial charge in [-0.1, -0.05) is 35.9 Å². The highest BCUT2D eigenvalue weighted by atomic mass is 35.5. The van der Waals surface area contributed by atoms with Crippen molar-refractivity contribution in [1.82, 2.24) is 10.3 Å². The topological polar surface area (TPSA) is 80.8 Å². The summed E-state index contributed by atoms with van der Waals surface area (Å²) in [6, 6.07) is 8.73. The van der Waals surface area contributed by atoms with E-state index in [0.717, 1.165) is 10.3 Å². The summed E-state index contributed by atoms with van der Waals surface area (Å²) in [6.07, 6.45) is 1.05. The van der Waals surface area contributed by atoms with Gasteiger partial charge in [-0.05, 0) is 12.1 Å². The number of urea groups is 1. The summed E-state index contributed by atoms with van der Waals surface area (Å²) < 4.78 is 35.8. The summed E-state index contributed by atoms with van der Waals surface area (Å²) in [5.41, 5.74) is 0.781. The fourth-order valence-corrected chi connectivity index (χ4v) is 5.68. The van der Waals surface area contributed by atoms with E-state index in [2.05, 4.69) is 19.8 Å². The number of nitrogens with one attached hydrogen (secondary N) is 1. The number of carbonyl (C=O) groups excluding carboxylic acids is 2. The van der Waals surface area contributed by atoms with Gasteiger partial charge in [0, 0.05) is 33.5 Å². The van der Waals surface area contributed by atoms with Crippen molar-refractivity contribution < 1.29 is 27.8 Å². The number of thioether (sulfide) groups is 1. The maximum Gasteiger partial charge on any atom is 0.586 e. The monoisotopic (exact) mass is 487 g/mol. The Kier molecular flexibility index (Phi) is 4.33. The molecular formula is C22H12ClF2N3O4S. The summed E-state index contributed by atoms with van der Waals surface area (Å²) in [4.78, 5) is 32.1. The predicted molar refractivity (Wildman–Crippen MR) is 119 cm³/mol. The number of benzene rings is 2. The molecular weight excluding hydrogens is 476 g/mol. The maximum absolute atomic E-state index is 13.4. The van der Waals surface area contributed by atoms with Crippen LogP contribution >= 0.6 is 23.4 Å². The van der Waals surface area contributed by atoms with Gasteiger partial charge in [0.2, 0.25) is 0 Å². The molecule has 2 unspecified atom stereocenters. The van der Waals surface area contributed by atoms with Crippen LogP contribution in [0.3, 0.4) is 0 Å². The van der Waals surface area contributed by atoms with Gasteiger partial charge in [-0.2, -0.15) is 0 Å². The van der Waals surface area contributed by atoms with Gasteiger partial charge in [-0.15, -0.1) is 20.5 Å². The molecule has 166 valence electrons. The molecule has 1 saturated heterocycles. The lowest BCUT2D eigenvalue weighted by Gasteiger charge is -2.33. The maximum atomic E-state index is 13.4. The number of halogens is 3. The van der Waals surface area contributed by atoms with Crippen LogP contribution in [0.25, 0.3) is 15.7 Å². The highest BCUT2D eigenvalue weighted by Crippen LogP contribution is 2.50. The SMILES string of the molecule is O=C1NC2C=C(c3cc4c(cc3Cl)OC(F)(F)O4)SC2C(=O)N1c1cncc2ccccc12. The fourth-order valence-electron chi connectivity index (χ4n) is 4.08. The molecule has 0 spiro atoms. The van der Waals surface area contributed by atoms with Crippen LogP contribution in [0.15, 0.2) is 54.9 Å². The third-order valence-corrected chi connectivity index (χ3v) is 7.18. The van der Waals surface area contributed by atoms with Crippen LogP contribution in [0.1, 0.15) is 5.56 Å². The minimum absolute atomic E-state index is 0.154. The Morgan fingerprint density at radius 1 is 1.12 bits per heavy atom. The minimum Gasteiger partial charge on any atom is -0.395 e. The van der Waals surface area contributed by atoms with Crippen molar-refractivity contribution in [1.29, 1.82) is 0 Å². The molecule has 2 aromatic carbocycles. The molecule has 7 nitrogen and oxygen atoms in total. The number of hydrogen-bond donors (Lipinski definition) is 1. The molecule has 0 saturated carbocycles. The van der Waals surface area contributed by atoms with Crippen molar-refractivity contribution in [2.45, 2.75) is 17.6 Å². The number of hydrogen-bond acceptors (Lipinski definition) is 6. The lowest BCUT2D eigenvalue weighted by atomic mass is 10.1. The van der Waals surface area contributed by atoms with E-state index in [1.165, 1.54) is 30.1 Å². The molecule has 33 heavy (non-hydrogen) atoms. The first-order valence-corrected chi connectivity index (χ1v) is 11.0. The van der Waals surface area contributed by atoms with E-state index in [1.54, 1.807) is 12.3 Å². The molecule has 3 aromatic rings. The van der Waals surface area contributed by atoms with Gasteiger partial charge in [-0.25, -0.2) is 9.69 Å². The second kappa shape index (κ2) is 7.06. The van der Waals surface area contributed by atoms with Gasteiger partial charge in [-0.3, -0.25) is 9.78 Å². The number of nitrogens with zero attached hydrogens (tertiary/aromatic N) is 2. The number of anilines is 1. The molecule has 2 atom stereocenters. The number of carbonyl (C=O) groups is 2. The van der Waals surface area contributed by atoms with Gasteiger partial charge < -0.3 is 14.8 Å². The summed E-state index contributed by atoms with van der Waals surface area (Å²) >= 11 is 7.50. The van der Waals surface area contributed by atoms with Crippen molar-refractivity contribution in [2.24, 2.45) is 0 Å². The van der Waals surface area contributed by atoms with Gasteiger partial charge in [0.25, 0.3) is 5.91 Å². The molecule has 11 heteroatoms. The Bertz CT molecular complexity index is 1390. The van der Waals surface area contributed by atoms with E-state index in [1.807, 2.05) is 24.3 Å². The van der Waals surface area contributed by atoms with Crippen LogP contribution in [0.2, 0.25) is 5.02 Å². The zero-order valence-electron chi connectivity index (χ0n) is 16.4. The Morgan fingerprint density at radius 2 is 1.88 bits per heavy atom. The number of pyridine rings is 1. The normalized spacial score (nSPS) is 22.9. The Balaban J connectivity index is 1.33. The third kappa shape index (κ3) is 3.20. The van der Waals surface area contributed by atoms with Crippen molar-refractivity contribution in [3.8, 4) is 11.5 Å². The molecule has 4 heterocycles. The molecule has 1 fully saturated rings. The summed E-state index contributed by atoms with van der Waals surface area (Å²) in [5.74, 6) is -0.745. The summed E-state index contributed by atoms with van der Waals surface area (Å²) in [5, 5.41) is 3.82. The fraction of sp³-hybridized carbons (Fsp3) is 0.136.